The van der Waals surface area contributed by atoms with E-state index in [1.807, 2.05) is 12.3 Å². The fraction of sp³-hybridized carbons (Fsp3) is 0.474. The van der Waals surface area contributed by atoms with Gasteiger partial charge in [0, 0.05) is 44.2 Å². The molecule has 3 rings (SSSR count). The van der Waals surface area contributed by atoms with E-state index >= 15 is 0 Å². The largest absolute Gasteiger partial charge is 0.381 e. The Morgan fingerprint density at radius 2 is 2.20 bits per heavy atom. The zero-order chi connectivity index (χ0) is 16.8. The van der Waals surface area contributed by atoms with Crippen molar-refractivity contribution in [3.63, 3.8) is 0 Å². The predicted octanol–water partition coefficient (Wildman–Crippen LogP) is 3.29. The van der Waals surface area contributed by atoms with E-state index in [1.54, 1.807) is 0 Å². The van der Waals surface area contributed by atoms with Gasteiger partial charge in [-0.25, -0.2) is 4.99 Å². The summed E-state index contributed by atoms with van der Waals surface area (Å²) in [5, 5.41) is 5.76. The van der Waals surface area contributed by atoms with E-state index in [-0.39, 0.29) is 24.0 Å². The molecule has 6 heteroatoms. The van der Waals surface area contributed by atoms with Crippen LogP contribution in [0.25, 0.3) is 10.8 Å². The average molecular weight is 454 g/mol. The van der Waals surface area contributed by atoms with Crippen LogP contribution >= 0.6 is 24.0 Å². The standard InChI is InChI=1S/C19H26N4O.HI/c1-3-20-19(23(2)13-15-9-11-24-14-15)22-12-18-17-7-5-4-6-16(17)8-10-21-18;/h4-8,10,15H,3,9,11-14H2,1-2H3,(H,20,22);1H. The maximum Gasteiger partial charge on any atom is 0.194 e. The van der Waals surface area contributed by atoms with Gasteiger partial charge in [0.05, 0.1) is 18.8 Å². The predicted molar refractivity (Wildman–Crippen MR) is 114 cm³/mol. The summed E-state index contributed by atoms with van der Waals surface area (Å²) < 4.78 is 5.48. The highest BCUT2D eigenvalue weighted by atomic mass is 127. The van der Waals surface area contributed by atoms with Gasteiger partial charge >= 0.3 is 0 Å². The molecule has 1 aromatic carbocycles. The molecule has 0 amide bonds. The molecule has 1 saturated heterocycles. The third-order valence-corrected chi connectivity index (χ3v) is 4.39. The number of rotatable bonds is 5. The SMILES string of the molecule is CCNC(=NCc1nccc2ccccc12)N(C)CC1CCOC1.I. The van der Waals surface area contributed by atoms with Crippen LogP contribution in [-0.2, 0) is 11.3 Å². The molecule has 0 saturated carbocycles. The smallest absolute Gasteiger partial charge is 0.194 e. The molecule has 25 heavy (non-hydrogen) atoms. The van der Waals surface area contributed by atoms with E-state index in [9.17, 15) is 0 Å². The summed E-state index contributed by atoms with van der Waals surface area (Å²) in [7, 11) is 2.09. The Bertz CT molecular complexity index is 695. The minimum Gasteiger partial charge on any atom is -0.381 e. The molecule has 136 valence electrons. The zero-order valence-electron chi connectivity index (χ0n) is 14.9. The van der Waals surface area contributed by atoms with Crippen LogP contribution in [0.1, 0.15) is 19.0 Å². The van der Waals surface area contributed by atoms with Crippen molar-refractivity contribution in [3.05, 3.63) is 42.2 Å². The van der Waals surface area contributed by atoms with Gasteiger partial charge in [0.25, 0.3) is 0 Å². The Hall–Kier alpha value is -1.41. The Labute approximate surface area is 166 Å². The number of fused-ring (bicyclic) bond motifs is 1. The first kappa shape index (κ1) is 19.9. The first-order chi connectivity index (χ1) is 11.8. The van der Waals surface area contributed by atoms with Gasteiger partial charge in [-0.1, -0.05) is 24.3 Å². The van der Waals surface area contributed by atoms with Crippen molar-refractivity contribution >= 4 is 40.7 Å². The number of nitrogens with zero attached hydrogens (tertiary/aromatic N) is 3. The number of hydrogen-bond acceptors (Lipinski definition) is 3. The minimum absolute atomic E-state index is 0. The molecule has 1 aromatic heterocycles. The summed E-state index contributed by atoms with van der Waals surface area (Å²) in [4.78, 5) is 11.5. The lowest BCUT2D eigenvalue weighted by atomic mass is 10.1. The number of ether oxygens (including phenoxy) is 1. The summed E-state index contributed by atoms with van der Waals surface area (Å²) in [6.07, 6.45) is 2.99. The molecule has 5 nitrogen and oxygen atoms in total. The van der Waals surface area contributed by atoms with Crippen LogP contribution in [0, 0.1) is 5.92 Å². The van der Waals surface area contributed by atoms with Gasteiger partial charge in [0.1, 0.15) is 0 Å². The highest BCUT2D eigenvalue weighted by Gasteiger charge is 2.19. The molecule has 2 aromatic rings. The number of guanidine groups is 1. The zero-order valence-corrected chi connectivity index (χ0v) is 17.3. The van der Waals surface area contributed by atoms with E-state index < -0.39 is 0 Å². The second kappa shape index (κ2) is 9.91. The molecule has 0 aliphatic carbocycles. The van der Waals surface area contributed by atoms with E-state index in [4.69, 9.17) is 9.73 Å². The molecule has 0 radical (unpaired) electrons. The molecule has 1 fully saturated rings. The molecular weight excluding hydrogens is 427 g/mol. The summed E-state index contributed by atoms with van der Waals surface area (Å²) in [6, 6.07) is 10.4. The third kappa shape index (κ3) is 5.28. The number of nitrogens with one attached hydrogen (secondary N) is 1. The maximum absolute atomic E-state index is 5.48. The number of aromatic nitrogens is 1. The van der Waals surface area contributed by atoms with Crippen LogP contribution < -0.4 is 5.32 Å². The van der Waals surface area contributed by atoms with Crippen molar-refractivity contribution < 1.29 is 4.74 Å². The molecule has 1 aliphatic heterocycles. The van der Waals surface area contributed by atoms with Gasteiger partial charge in [-0.15, -0.1) is 24.0 Å². The van der Waals surface area contributed by atoms with Crippen LogP contribution in [0.4, 0.5) is 0 Å². The molecule has 1 N–H and O–H groups in total. The van der Waals surface area contributed by atoms with E-state index in [0.29, 0.717) is 12.5 Å². The van der Waals surface area contributed by atoms with Gasteiger partial charge in [0.2, 0.25) is 0 Å². The van der Waals surface area contributed by atoms with Crippen LogP contribution in [0.3, 0.4) is 0 Å². The number of hydrogen-bond donors (Lipinski definition) is 1. The topological polar surface area (TPSA) is 49.8 Å². The normalized spacial score (nSPS) is 17.4. The molecule has 1 atom stereocenters. The molecule has 1 aliphatic rings. The van der Waals surface area contributed by atoms with Crippen molar-refractivity contribution in [3.8, 4) is 0 Å². The van der Waals surface area contributed by atoms with Crippen LogP contribution in [0.15, 0.2) is 41.5 Å². The third-order valence-electron chi connectivity index (χ3n) is 4.39. The second-order valence-corrected chi connectivity index (χ2v) is 6.26. The molecule has 0 spiro atoms. The van der Waals surface area contributed by atoms with Crippen LogP contribution in [0.5, 0.6) is 0 Å². The molecule has 0 bridgehead atoms. The summed E-state index contributed by atoms with van der Waals surface area (Å²) in [5.74, 6) is 1.52. The van der Waals surface area contributed by atoms with Crippen molar-refractivity contribution in [2.45, 2.75) is 19.9 Å². The van der Waals surface area contributed by atoms with Crippen molar-refractivity contribution in [2.24, 2.45) is 10.9 Å². The lowest BCUT2D eigenvalue weighted by Crippen LogP contribution is -2.41. The lowest BCUT2D eigenvalue weighted by Gasteiger charge is -2.24. The summed E-state index contributed by atoms with van der Waals surface area (Å²) in [5.41, 5.74) is 1.01. The van der Waals surface area contributed by atoms with E-state index in [2.05, 4.69) is 53.4 Å². The fourth-order valence-corrected chi connectivity index (χ4v) is 3.13. The highest BCUT2D eigenvalue weighted by Crippen LogP contribution is 2.17. The van der Waals surface area contributed by atoms with E-state index in [0.717, 1.165) is 44.4 Å². The average Bonchev–Trinajstić information content (AvgIpc) is 3.11. The molecule has 2 heterocycles. The van der Waals surface area contributed by atoms with Crippen molar-refractivity contribution in [2.75, 3.05) is 33.4 Å². The summed E-state index contributed by atoms with van der Waals surface area (Å²) >= 11 is 0. The second-order valence-electron chi connectivity index (χ2n) is 6.26. The Morgan fingerprint density at radius 3 is 2.96 bits per heavy atom. The Morgan fingerprint density at radius 1 is 1.36 bits per heavy atom. The molecule has 1 unspecified atom stereocenters. The van der Waals surface area contributed by atoms with Gasteiger partial charge in [-0.05, 0) is 24.8 Å². The minimum atomic E-state index is 0. The number of pyridine rings is 1. The van der Waals surface area contributed by atoms with E-state index in [1.165, 1.54) is 10.8 Å². The fourth-order valence-electron chi connectivity index (χ4n) is 3.13. The van der Waals surface area contributed by atoms with Gasteiger partial charge < -0.3 is 15.0 Å². The van der Waals surface area contributed by atoms with Crippen LogP contribution in [-0.4, -0.2) is 49.2 Å². The van der Waals surface area contributed by atoms with Crippen molar-refractivity contribution in [1.82, 2.24) is 15.2 Å². The highest BCUT2D eigenvalue weighted by molar-refractivity contribution is 14.0. The lowest BCUT2D eigenvalue weighted by molar-refractivity contribution is 0.181. The molecular formula is C19H27IN4O. The quantitative estimate of drug-likeness (QED) is 0.428. The Balaban J connectivity index is 0.00000225. The van der Waals surface area contributed by atoms with Gasteiger partial charge in [-0.3, -0.25) is 4.98 Å². The monoisotopic (exact) mass is 454 g/mol. The number of benzene rings is 1. The summed E-state index contributed by atoms with van der Waals surface area (Å²) in [6.45, 7) is 6.23. The van der Waals surface area contributed by atoms with Crippen molar-refractivity contribution in [1.29, 1.82) is 0 Å². The van der Waals surface area contributed by atoms with Gasteiger partial charge in [0.15, 0.2) is 5.96 Å². The Kier molecular flexibility index (Phi) is 7.90. The van der Waals surface area contributed by atoms with Crippen LogP contribution in [0.2, 0.25) is 0 Å². The first-order valence-electron chi connectivity index (χ1n) is 8.67. The maximum atomic E-state index is 5.48. The number of aliphatic imine (C=N–C) groups is 1. The first-order valence-corrected chi connectivity index (χ1v) is 8.67. The van der Waals surface area contributed by atoms with Gasteiger partial charge in [-0.2, -0.15) is 0 Å². The number of halogens is 1.